The molecule has 0 aliphatic rings. The Bertz CT molecular complexity index is 1440. The van der Waals surface area contributed by atoms with Crippen molar-refractivity contribution in [3.63, 3.8) is 0 Å². The van der Waals surface area contributed by atoms with Crippen molar-refractivity contribution in [2.24, 2.45) is 0 Å². The molecule has 0 bridgehead atoms. The third kappa shape index (κ3) is 55.0. The summed E-state index contributed by atoms with van der Waals surface area (Å²) in [4.78, 5) is 38.2. The van der Waals surface area contributed by atoms with Crippen LogP contribution in [0.15, 0.2) is 109 Å². The van der Waals surface area contributed by atoms with Crippen molar-refractivity contribution in [1.82, 2.24) is 0 Å². The van der Waals surface area contributed by atoms with E-state index in [2.05, 4.69) is 130 Å². The number of hydrogen-bond acceptors (Lipinski definition) is 6. The lowest BCUT2D eigenvalue weighted by atomic mass is 10.0. The van der Waals surface area contributed by atoms with Crippen LogP contribution in [0.5, 0.6) is 0 Å². The van der Waals surface area contributed by atoms with E-state index in [0.29, 0.717) is 19.3 Å². The van der Waals surface area contributed by atoms with Crippen LogP contribution >= 0.6 is 0 Å². The van der Waals surface area contributed by atoms with E-state index in [1.165, 1.54) is 96.3 Å². The lowest BCUT2D eigenvalue weighted by Crippen LogP contribution is -2.30. The van der Waals surface area contributed by atoms with Crippen molar-refractivity contribution < 1.29 is 28.6 Å². The Morgan fingerprint density at radius 2 is 0.557 bits per heavy atom. The van der Waals surface area contributed by atoms with Crippen LogP contribution in [-0.4, -0.2) is 37.2 Å². The van der Waals surface area contributed by atoms with E-state index in [1.807, 2.05) is 0 Å². The van der Waals surface area contributed by atoms with Gasteiger partial charge in [0.25, 0.3) is 0 Å². The van der Waals surface area contributed by atoms with Gasteiger partial charge in [-0.15, -0.1) is 0 Å². The fourth-order valence-electron chi connectivity index (χ4n) is 7.75. The van der Waals surface area contributed by atoms with Crippen molar-refractivity contribution in [1.29, 1.82) is 0 Å². The van der Waals surface area contributed by atoms with Gasteiger partial charge in [0.15, 0.2) is 6.10 Å². The number of ether oxygens (including phenoxy) is 3. The molecular formula is C64H106O6. The first kappa shape index (κ1) is 66.1. The highest BCUT2D eigenvalue weighted by Gasteiger charge is 2.19. The molecule has 0 radical (unpaired) electrons. The monoisotopic (exact) mass is 971 g/mol. The Hall–Kier alpha value is -3.93. The van der Waals surface area contributed by atoms with Crippen LogP contribution in [0.3, 0.4) is 0 Å². The minimum Gasteiger partial charge on any atom is -0.462 e. The summed E-state index contributed by atoms with van der Waals surface area (Å²) in [6.07, 6.45) is 78.0. The van der Waals surface area contributed by atoms with Gasteiger partial charge in [0.1, 0.15) is 13.2 Å². The first-order valence-corrected chi connectivity index (χ1v) is 28.9. The molecule has 0 aliphatic carbocycles. The molecule has 398 valence electrons. The fourth-order valence-corrected chi connectivity index (χ4v) is 7.75. The van der Waals surface area contributed by atoms with Crippen LogP contribution in [0.2, 0.25) is 0 Å². The Kier molecular flexibility index (Phi) is 54.4. The topological polar surface area (TPSA) is 78.9 Å². The second-order valence-electron chi connectivity index (χ2n) is 18.8. The van der Waals surface area contributed by atoms with E-state index in [1.54, 1.807) is 0 Å². The summed E-state index contributed by atoms with van der Waals surface area (Å²) in [5.41, 5.74) is 0. The van der Waals surface area contributed by atoms with E-state index in [-0.39, 0.29) is 31.1 Å². The molecule has 0 rings (SSSR count). The second kappa shape index (κ2) is 57.6. The van der Waals surface area contributed by atoms with Gasteiger partial charge in [-0.05, 0) is 103 Å². The molecule has 0 fully saturated rings. The van der Waals surface area contributed by atoms with E-state index >= 15 is 0 Å². The molecule has 0 aromatic heterocycles. The molecule has 6 heteroatoms. The Labute approximate surface area is 431 Å². The van der Waals surface area contributed by atoms with Crippen molar-refractivity contribution in [3.05, 3.63) is 109 Å². The van der Waals surface area contributed by atoms with Crippen LogP contribution in [0, 0.1) is 0 Å². The molecule has 0 amide bonds. The molecule has 6 nitrogen and oxygen atoms in total. The van der Waals surface area contributed by atoms with E-state index in [0.717, 1.165) is 122 Å². The highest BCUT2D eigenvalue weighted by Crippen LogP contribution is 2.16. The predicted molar refractivity (Wildman–Crippen MR) is 302 cm³/mol. The summed E-state index contributed by atoms with van der Waals surface area (Å²) in [5, 5.41) is 0. The molecule has 1 atom stereocenters. The minimum absolute atomic E-state index is 0.108. The zero-order chi connectivity index (χ0) is 50.7. The molecule has 0 aliphatic heterocycles. The summed E-state index contributed by atoms with van der Waals surface area (Å²) in [5.74, 6) is -0.975. The molecule has 0 N–H and O–H groups in total. The zero-order valence-electron chi connectivity index (χ0n) is 45.5. The molecule has 0 unspecified atom stereocenters. The van der Waals surface area contributed by atoms with Gasteiger partial charge < -0.3 is 14.2 Å². The van der Waals surface area contributed by atoms with Crippen LogP contribution in [-0.2, 0) is 28.6 Å². The molecule has 0 aromatic rings. The van der Waals surface area contributed by atoms with Crippen LogP contribution in [0.25, 0.3) is 0 Å². The first-order chi connectivity index (χ1) is 34.5. The summed E-state index contributed by atoms with van der Waals surface area (Å²) < 4.78 is 16.8. The fraction of sp³-hybridized carbons (Fsp3) is 0.672. The summed E-state index contributed by atoms with van der Waals surface area (Å²) in [7, 11) is 0. The van der Waals surface area contributed by atoms with E-state index in [9.17, 15) is 14.4 Å². The minimum atomic E-state index is -0.810. The summed E-state index contributed by atoms with van der Waals surface area (Å²) in [6.45, 7) is 6.36. The SMILES string of the molecule is CC/C=C\C/C=C\C/C=C\C/C=C\C/C=C\CCCCCC(=O)OC[C@@H](COC(=O)CCCC/C=C\C/C=C\C/C=C\C/C=C\CC)OC(=O)CCCCCCCCCCCCCCCCCCCC. The average Bonchev–Trinajstić information content (AvgIpc) is 3.36. The maximum atomic E-state index is 12.9. The van der Waals surface area contributed by atoms with Gasteiger partial charge in [-0.3, -0.25) is 14.4 Å². The van der Waals surface area contributed by atoms with Crippen molar-refractivity contribution in [2.45, 2.75) is 264 Å². The number of allylic oxidation sites excluding steroid dienone is 18. The van der Waals surface area contributed by atoms with Crippen LogP contribution in [0.1, 0.15) is 258 Å². The molecule has 0 heterocycles. The quantitative estimate of drug-likeness (QED) is 0.0262. The number of esters is 3. The van der Waals surface area contributed by atoms with E-state index < -0.39 is 6.10 Å². The zero-order valence-corrected chi connectivity index (χ0v) is 45.5. The van der Waals surface area contributed by atoms with Gasteiger partial charge in [0.2, 0.25) is 0 Å². The molecule has 0 saturated carbocycles. The summed E-state index contributed by atoms with van der Waals surface area (Å²) in [6, 6.07) is 0. The number of carbonyl (C=O) groups excluding carboxylic acids is 3. The van der Waals surface area contributed by atoms with Gasteiger partial charge in [-0.1, -0.05) is 246 Å². The van der Waals surface area contributed by atoms with Crippen molar-refractivity contribution in [2.75, 3.05) is 13.2 Å². The maximum absolute atomic E-state index is 12.9. The maximum Gasteiger partial charge on any atom is 0.306 e. The molecule has 0 saturated heterocycles. The third-order valence-electron chi connectivity index (χ3n) is 12.0. The molecule has 0 spiro atoms. The van der Waals surface area contributed by atoms with Gasteiger partial charge >= 0.3 is 17.9 Å². The van der Waals surface area contributed by atoms with Gasteiger partial charge in [-0.2, -0.15) is 0 Å². The lowest BCUT2D eigenvalue weighted by molar-refractivity contribution is -0.167. The molecular weight excluding hydrogens is 865 g/mol. The molecule has 0 aromatic carbocycles. The highest BCUT2D eigenvalue weighted by molar-refractivity contribution is 5.71. The largest absolute Gasteiger partial charge is 0.462 e. The third-order valence-corrected chi connectivity index (χ3v) is 12.0. The normalized spacial score (nSPS) is 12.9. The Balaban J connectivity index is 4.49. The number of carbonyl (C=O) groups is 3. The standard InChI is InChI=1S/C64H106O6/c1-4-7-10-13-16-19-22-25-28-30-32-34-36-39-42-45-48-51-54-57-63(66)69-60-61(59-68-62(65)56-53-50-47-44-41-38-35-27-24-21-18-15-12-9-6-3)70-64(67)58-55-52-49-46-43-40-37-33-31-29-26-23-20-17-14-11-8-5-2/h7,9-10,12,16,18-19,21,25,27-28,32,34-35,39,41-42,44,61H,4-6,8,11,13-15,17,20,22-24,26,29-31,33,36-38,40,43,45-60H2,1-3H3/b10-7-,12-9-,19-16-,21-18-,28-25-,34-32-,35-27-,42-39-,44-41-/t61-/m1/s1. The predicted octanol–water partition coefficient (Wildman–Crippen LogP) is 19.5. The van der Waals surface area contributed by atoms with Gasteiger partial charge in [0, 0.05) is 19.3 Å². The number of rotatable bonds is 51. The van der Waals surface area contributed by atoms with Crippen LogP contribution in [0.4, 0.5) is 0 Å². The summed E-state index contributed by atoms with van der Waals surface area (Å²) >= 11 is 0. The number of hydrogen-bond donors (Lipinski definition) is 0. The highest BCUT2D eigenvalue weighted by atomic mass is 16.6. The van der Waals surface area contributed by atoms with E-state index in [4.69, 9.17) is 14.2 Å². The van der Waals surface area contributed by atoms with Gasteiger partial charge in [0.05, 0.1) is 0 Å². The Morgan fingerprint density at radius 3 is 0.900 bits per heavy atom. The average molecular weight is 972 g/mol. The van der Waals surface area contributed by atoms with Crippen molar-refractivity contribution >= 4 is 17.9 Å². The lowest BCUT2D eigenvalue weighted by Gasteiger charge is -2.18. The number of unbranched alkanes of at least 4 members (excludes halogenated alkanes) is 22. The van der Waals surface area contributed by atoms with Crippen molar-refractivity contribution in [3.8, 4) is 0 Å². The van der Waals surface area contributed by atoms with Crippen LogP contribution < -0.4 is 0 Å². The second-order valence-corrected chi connectivity index (χ2v) is 18.8. The first-order valence-electron chi connectivity index (χ1n) is 28.9. The van der Waals surface area contributed by atoms with Gasteiger partial charge in [-0.25, -0.2) is 0 Å². The smallest absolute Gasteiger partial charge is 0.306 e. The Morgan fingerprint density at radius 1 is 0.300 bits per heavy atom. The molecule has 70 heavy (non-hydrogen) atoms.